The minimum atomic E-state index is -0.614. The van der Waals surface area contributed by atoms with Gasteiger partial charge < -0.3 is 14.3 Å². The molecule has 1 aromatic carbocycles. The molecule has 0 aliphatic carbocycles. The van der Waals surface area contributed by atoms with Crippen LogP contribution in [0.4, 0.5) is 0 Å². The number of nitrogens with one attached hydrogen (secondary N) is 1. The van der Waals surface area contributed by atoms with Gasteiger partial charge in [0.25, 0.3) is 5.89 Å². The Bertz CT molecular complexity index is 1190. The number of rotatable bonds is 3. The lowest BCUT2D eigenvalue weighted by Crippen LogP contribution is -2.39. The van der Waals surface area contributed by atoms with E-state index < -0.39 is 5.76 Å². The van der Waals surface area contributed by atoms with Gasteiger partial charge in [0.15, 0.2) is 0 Å². The van der Waals surface area contributed by atoms with Gasteiger partial charge in [0, 0.05) is 41.7 Å². The fraction of sp³-hybridized carbons (Fsp3) is 0.211. The molecule has 0 fully saturated rings. The van der Waals surface area contributed by atoms with Crippen LogP contribution in [0.15, 0.2) is 51.0 Å². The van der Waals surface area contributed by atoms with Gasteiger partial charge in [-0.15, -0.1) is 16.4 Å². The van der Waals surface area contributed by atoms with Gasteiger partial charge in [-0.1, -0.05) is 24.3 Å². The van der Waals surface area contributed by atoms with Gasteiger partial charge in [0.05, 0.1) is 4.88 Å². The third kappa shape index (κ3) is 2.78. The number of H-pyrrole nitrogens is 1. The van der Waals surface area contributed by atoms with Gasteiger partial charge in [0.2, 0.25) is 5.91 Å². The van der Waals surface area contributed by atoms with Crippen LogP contribution in [0.1, 0.15) is 11.3 Å². The van der Waals surface area contributed by atoms with Crippen molar-refractivity contribution in [3.8, 4) is 10.8 Å². The molecule has 4 heterocycles. The Morgan fingerprint density at radius 3 is 3.00 bits per heavy atom. The van der Waals surface area contributed by atoms with Gasteiger partial charge in [-0.3, -0.25) is 4.79 Å². The van der Waals surface area contributed by atoms with E-state index in [1.165, 1.54) is 17.0 Å². The lowest BCUT2D eigenvalue weighted by Gasteiger charge is -2.27. The number of carbonyl (C=O) groups is 1. The maximum absolute atomic E-state index is 12.8. The van der Waals surface area contributed by atoms with Crippen LogP contribution in [0.2, 0.25) is 0 Å². The summed E-state index contributed by atoms with van der Waals surface area (Å²) >= 11 is 1.43. The van der Waals surface area contributed by atoms with Crippen molar-refractivity contribution in [3.05, 3.63) is 63.6 Å². The standard InChI is InChI=1S/C19H16N4O3S/c24-17(11-23-19(25)26-18(21-23)16-6-3-9-27-16)22-8-7-15-13(10-22)12-4-1-2-5-14(12)20-15/h1-6,9,20H,7-8,10-11H2. The van der Waals surface area contributed by atoms with E-state index in [4.69, 9.17) is 4.42 Å². The fourth-order valence-electron chi connectivity index (χ4n) is 3.51. The predicted molar refractivity (Wildman–Crippen MR) is 101 cm³/mol. The van der Waals surface area contributed by atoms with E-state index in [2.05, 4.69) is 16.1 Å². The first-order chi connectivity index (χ1) is 13.2. The Labute approximate surface area is 157 Å². The molecule has 4 aromatic rings. The third-order valence-corrected chi connectivity index (χ3v) is 5.72. The molecule has 136 valence electrons. The van der Waals surface area contributed by atoms with Crippen LogP contribution < -0.4 is 5.76 Å². The van der Waals surface area contributed by atoms with Crippen molar-refractivity contribution in [1.82, 2.24) is 19.7 Å². The van der Waals surface area contributed by atoms with Gasteiger partial charge in [-0.05, 0) is 17.5 Å². The molecule has 0 unspecified atom stereocenters. The van der Waals surface area contributed by atoms with Crippen LogP contribution in [-0.2, 0) is 24.3 Å². The smallest absolute Gasteiger partial charge is 0.387 e. The minimum absolute atomic E-state index is 0.120. The van der Waals surface area contributed by atoms with Crippen LogP contribution >= 0.6 is 11.3 Å². The zero-order valence-electron chi connectivity index (χ0n) is 14.3. The summed E-state index contributed by atoms with van der Waals surface area (Å²) in [7, 11) is 0. The molecular formula is C19H16N4O3S. The fourth-order valence-corrected chi connectivity index (χ4v) is 4.16. The summed E-state index contributed by atoms with van der Waals surface area (Å²) in [5.74, 6) is -0.504. The Morgan fingerprint density at radius 1 is 1.26 bits per heavy atom. The number of para-hydroxylation sites is 1. The first-order valence-corrected chi connectivity index (χ1v) is 9.55. The molecule has 0 saturated carbocycles. The molecule has 7 nitrogen and oxygen atoms in total. The van der Waals surface area contributed by atoms with E-state index in [9.17, 15) is 9.59 Å². The summed E-state index contributed by atoms with van der Waals surface area (Å²) in [5.41, 5.74) is 3.42. The van der Waals surface area contributed by atoms with Crippen molar-refractivity contribution in [1.29, 1.82) is 0 Å². The highest BCUT2D eigenvalue weighted by molar-refractivity contribution is 7.13. The van der Waals surface area contributed by atoms with Crippen molar-refractivity contribution in [2.75, 3.05) is 6.54 Å². The van der Waals surface area contributed by atoms with E-state index in [1.54, 1.807) is 4.90 Å². The van der Waals surface area contributed by atoms with Crippen LogP contribution in [-0.4, -0.2) is 32.1 Å². The molecule has 0 atom stereocenters. The second kappa shape index (κ2) is 6.24. The molecule has 1 aliphatic rings. The number of benzene rings is 1. The Hall–Kier alpha value is -3.13. The molecule has 0 bridgehead atoms. The summed E-state index contributed by atoms with van der Waals surface area (Å²) in [6, 6.07) is 11.8. The Morgan fingerprint density at radius 2 is 2.15 bits per heavy atom. The summed E-state index contributed by atoms with van der Waals surface area (Å²) in [6.07, 6.45) is 0.768. The number of carbonyl (C=O) groups excluding carboxylic acids is 1. The molecule has 1 amide bonds. The highest BCUT2D eigenvalue weighted by Crippen LogP contribution is 2.27. The van der Waals surface area contributed by atoms with Crippen LogP contribution in [0, 0.1) is 0 Å². The number of nitrogens with zero attached hydrogens (tertiary/aromatic N) is 3. The summed E-state index contributed by atoms with van der Waals surface area (Å²) in [5, 5.41) is 7.19. The van der Waals surface area contributed by atoms with Crippen molar-refractivity contribution in [2.24, 2.45) is 0 Å². The van der Waals surface area contributed by atoms with Crippen molar-refractivity contribution in [2.45, 2.75) is 19.5 Å². The van der Waals surface area contributed by atoms with E-state index in [0.717, 1.165) is 32.4 Å². The number of aromatic amines is 1. The number of fused-ring (bicyclic) bond motifs is 3. The second-order valence-corrected chi connectivity index (χ2v) is 7.45. The maximum Gasteiger partial charge on any atom is 0.437 e. The lowest BCUT2D eigenvalue weighted by atomic mass is 10.0. The number of aromatic nitrogens is 3. The van der Waals surface area contributed by atoms with Gasteiger partial charge in [-0.25, -0.2) is 4.79 Å². The molecule has 0 saturated heterocycles. The molecular weight excluding hydrogens is 364 g/mol. The van der Waals surface area contributed by atoms with Crippen LogP contribution in [0.3, 0.4) is 0 Å². The number of hydrogen-bond donors (Lipinski definition) is 1. The molecule has 0 radical (unpaired) electrons. The lowest BCUT2D eigenvalue weighted by molar-refractivity contribution is -0.133. The SMILES string of the molecule is O=C(Cn1nc(-c2cccs2)oc1=O)N1CCc2[nH]c3ccccc3c2C1. The predicted octanol–water partition coefficient (Wildman–Crippen LogP) is 2.63. The Kier molecular flexibility index (Phi) is 3.71. The van der Waals surface area contributed by atoms with E-state index in [1.807, 2.05) is 35.7 Å². The second-order valence-electron chi connectivity index (χ2n) is 6.50. The minimum Gasteiger partial charge on any atom is -0.387 e. The monoisotopic (exact) mass is 380 g/mol. The van der Waals surface area contributed by atoms with Crippen molar-refractivity contribution in [3.63, 3.8) is 0 Å². The van der Waals surface area contributed by atoms with E-state index in [0.29, 0.717) is 13.1 Å². The average Bonchev–Trinajstić information content (AvgIpc) is 3.40. The highest BCUT2D eigenvalue weighted by Gasteiger charge is 2.25. The molecule has 1 N–H and O–H groups in total. The van der Waals surface area contributed by atoms with Gasteiger partial charge >= 0.3 is 5.76 Å². The zero-order chi connectivity index (χ0) is 18.4. The number of thiophene rings is 1. The first kappa shape index (κ1) is 16.1. The highest BCUT2D eigenvalue weighted by atomic mass is 32.1. The Balaban J connectivity index is 1.37. The topological polar surface area (TPSA) is 84.1 Å². The first-order valence-electron chi connectivity index (χ1n) is 8.67. The summed E-state index contributed by atoms with van der Waals surface area (Å²) < 4.78 is 6.28. The van der Waals surface area contributed by atoms with Gasteiger partial charge in [0.1, 0.15) is 6.54 Å². The van der Waals surface area contributed by atoms with E-state index in [-0.39, 0.29) is 18.3 Å². The summed E-state index contributed by atoms with van der Waals surface area (Å²) in [4.78, 5) is 30.8. The number of amides is 1. The third-order valence-electron chi connectivity index (χ3n) is 4.86. The van der Waals surface area contributed by atoms with Crippen molar-refractivity contribution < 1.29 is 9.21 Å². The maximum atomic E-state index is 12.8. The average molecular weight is 380 g/mol. The van der Waals surface area contributed by atoms with Gasteiger partial charge in [-0.2, -0.15) is 4.68 Å². The molecule has 8 heteroatoms. The number of hydrogen-bond acceptors (Lipinski definition) is 5. The molecule has 1 aliphatic heterocycles. The zero-order valence-corrected chi connectivity index (χ0v) is 15.2. The van der Waals surface area contributed by atoms with Crippen LogP contribution in [0.5, 0.6) is 0 Å². The normalized spacial score (nSPS) is 13.9. The quantitative estimate of drug-likeness (QED) is 0.592. The molecule has 27 heavy (non-hydrogen) atoms. The summed E-state index contributed by atoms with van der Waals surface area (Å²) in [6.45, 7) is 1.02. The van der Waals surface area contributed by atoms with Crippen molar-refractivity contribution >= 4 is 28.1 Å². The molecule has 3 aromatic heterocycles. The largest absolute Gasteiger partial charge is 0.437 e. The van der Waals surface area contributed by atoms with E-state index >= 15 is 0 Å². The molecule has 5 rings (SSSR count). The van der Waals surface area contributed by atoms with Crippen LogP contribution in [0.25, 0.3) is 21.7 Å². The molecule has 0 spiro atoms.